The van der Waals surface area contributed by atoms with Gasteiger partial charge in [0, 0.05) is 29.7 Å². The molecule has 1 saturated heterocycles. The predicted molar refractivity (Wildman–Crippen MR) is 117 cm³/mol. The molecule has 1 aromatic carbocycles. The molecular weight excluding hydrogens is 411 g/mol. The summed E-state index contributed by atoms with van der Waals surface area (Å²) in [5, 5.41) is 24.7. The Kier molecular flexibility index (Phi) is 6.50. The van der Waals surface area contributed by atoms with Gasteiger partial charge in [-0.1, -0.05) is 12.1 Å². The molecule has 3 aliphatic carbocycles. The highest BCUT2D eigenvalue weighted by atomic mass is 19.1. The number of nitriles is 1. The number of alkyl halides is 1. The van der Waals surface area contributed by atoms with Crippen LogP contribution in [0, 0.1) is 16.7 Å². The Hall–Kier alpha value is -2.50. The Bertz CT molecular complexity index is 873. The van der Waals surface area contributed by atoms with Crippen molar-refractivity contribution >= 4 is 17.5 Å². The van der Waals surface area contributed by atoms with Crippen molar-refractivity contribution < 1.29 is 19.1 Å². The lowest BCUT2D eigenvalue weighted by Crippen LogP contribution is -2.59. The van der Waals surface area contributed by atoms with Crippen molar-refractivity contribution in [2.75, 3.05) is 25.0 Å². The van der Waals surface area contributed by atoms with Gasteiger partial charge >= 0.3 is 0 Å². The normalized spacial score (nSPS) is 31.3. The number of halogens is 1. The summed E-state index contributed by atoms with van der Waals surface area (Å²) in [6, 6.07) is 8.92. The monoisotopic (exact) mass is 442 g/mol. The maximum Gasteiger partial charge on any atom is 0.237 e. The first-order valence-corrected chi connectivity index (χ1v) is 11.5. The summed E-state index contributed by atoms with van der Waals surface area (Å²) in [5.41, 5.74) is 1.25. The first-order chi connectivity index (χ1) is 15.4. The van der Waals surface area contributed by atoms with Gasteiger partial charge in [-0.2, -0.15) is 5.26 Å². The number of rotatable bonds is 7. The molecular formula is C24H31FN4O3. The molecule has 172 valence electrons. The number of carbonyl (C=O) groups excluding carboxylic acids is 2. The third-order valence-electron chi connectivity index (χ3n) is 7.67. The van der Waals surface area contributed by atoms with E-state index < -0.39 is 12.2 Å². The van der Waals surface area contributed by atoms with Crippen LogP contribution in [0.1, 0.15) is 50.5 Å². The zero-order valence-electron chi connectivity index (χ0n) is 18.3. The van der Waals surface area contributed by atoms with Gasteiger partial charge in [-0.15, -0.1) is 0 Å². The van der Waals surface area contributed by atoms with Crippen molar-refractivity contribution in [3.05, 3.63) is 29.8 Å². The first-order valence-electron chi connectivity index (χ1n) is 11.5. The van der Waals surface area contributed by atoms with Crippen LogP contribution in [0.2, 0.25) is 0 Å². The molecule has 5 rings (SSSR count). The minimum absolute atomic E-state index is 0.00397. The zero-order chi connectivity index (χ0) is 22.8. The minimum Gasteiger partial charge on any atom is -0.396 e. The van der Waals surface area contributed by atoms with Crippen molar-refractivity contribution in [3.63, 3.8) is 0 Å². The van der Waals surface area contributed by atoms with E-state index in [-0.39, 0.29) is 48.9 Å². The lowest BCUT2D eigenvalue weighted by molar-refractivity contribution is -0.135. The van der Waals surface area contributed by atoms with Gasteiger partial charge in [0.05, 0.1) is 19.2 Å². The Labute approximate surface area is 188 Å². The minimum atomic E-state index is -1.13. The van der Waals surface area contributed by atoms with E-state index in [9.17, 15) is 14.0 Å². The Balaban J connectivity index is 1.30. The largest absolute Gasteiger partial charge is 0.396 e. The number of carbonyl (C=O) groups is 2. The van der Waals surface area contributed by atoms with Crippen LogP contribution in [-0.2, 0) is 16.0 Å². The van der Waals surface area contributed by atoms with Crippen molar-refractivity contribution in [2.24, 2.45) is 5.41 Å². The van der Waals surface area contributed by atoms with E-state index >= 15 is 0 Å². The smallest absolute Gasteiger partial charge is 0.237 e. The van der Waals surface area contributed by atoms with Gasteiger partial charge in [0.1, 0.15) is 12.2 Å². The molecule has 2 bridgehead atoms. The van der Waals surface area contributed by atoms with E-state index in [4.69, 9.17) is 10.4 Å². The summed E-state index contributed by atoms with van der Waals surface area (Å²) in [6.45, 7) is 0.198. The summed E-state index contributed by atoms with van der Waals surface area (Å²) in [4.78, 5) is 27.0. The molecule has 4 fully saturated rings. The Morgan fingerprint density at radius 1 is 1.16 bits per heavy atom. The topological polar surface area (TPSA) is 105 Å². The molecule has 2 atom stereocenters. The second kappa shape index (κ2) is 9.16. The number of aliphatic hydroxyl groups is 1. The number of likely N-dealkylation sites (tertiary alicyclic amines) is 1. The molecule has 3 saturated carbocycles. The van der Waals surface area contributed by atoms with Crippen molar-refractivity contribution in [2.45, 2.75) is 69.1 Å². The summed E-state index contributed by atoms with van der Waals surface area (Å²) >= 11 is 0. The van der Waals surface area contributed by atoms with Crippen LogP contribution in [0.4, 0.5) is 10.1 Å². The number of amides is 2. The highest BCUT2D eigenvalue weighted by Crippen LogP contribution is 2.52. The molecule has 1 heterocycles. The van der Waals surface area contributed by atoms with Gasteiger partial charge in [-0.05, 0) is 62.6 Å². The lowest BCUT2D eigenvalue weighted by Gasteiger charge is -2.52. The number of aliphatic hydroxyl groups excluding tert-OH is 1. The van der Waals surface area contributed by atoms with E-state index in [1.165, 1.54) is 4.90 Å². The van der Waals surface area contributed by atoms with Crippen LogP contribution in [0.5, 0.6) is 0 Å². The van der Waals surface area contributed by atoms with Crippen LogP contribution in [0.3, 0.4) is 0 Å². The zero-order valence-corrected chi connectivity index (χ0v) is 18.3. The van der Waals surface area contributed by atoms with Crippen LogP contribution < -0.4 is 10.6 Å². The summed E-state index contributed by atoms with van der Waals surface area (Å²) in [5.74, 6) is -0.171. The molecule has 2 amide bonds. The van der Waals surface area contributed by atoms with Crippen LogP contribution in [-0.4, -0.2) is 59.3 Å². The van der Waals surface area contributed by atoms with Crippen LogP contribution in [0.15, 0.2) is 24.3 Å². The average molecular weight is 443 g/mol. The van der Waals surface area contributed by atoms with Crippen molar-refractivity contribution in [3.8, 4) is 6.07 Å². The molecule has 0 spiro atoms. The molecule has 1 unspecified atom stereocenters. The fraction of sp³-hybridized carbons (Fsp3) is 0.625. The predicted octanol–water partition coefficient (Wildman–Crippen LogP) is 2.31. The molecule has 0 aromatic heterocycles. The fourth-order valence-corrected chi connectivity index (χ4v) is 5.49. The molecule has 32 heavy (non-hydrogen) atoms. The number of hydrogen-bond acceptors (Lipinski definition) is 5. The molecule has 8 heteroatoms. The van der Waals surface area contributed by atoms with E-state index in [1.807, 2.05) is 30.3 Å². The Morgan fingerprint density at radius 2 is 1.81 bits per heavy atom. The molecule has 0 radical (unpaired) electrons. The first kappa shape index (κ1) is 22.7. The van der Waals surface area contributed by atoms with Gasteiger partial charge in [-0.3, -0.25) is 9.59 Å². The number of benzene rings is 1. The van der Waals surface area contributed by atoms with Gasteiger partial charge in [0.2, 0.25) is 11.8 Å². The van der Waals surface area contributed by atoms with Gasteiger partial charge in [0.15, 0.2) is 0 Å². The molecule has 1 aliphatic heterocycles. The molecule has 3 N–H and O–H groups in total. The number of fused-ring (bicyclic) bond motifs is 3. The van der Waals surface area contributed by atoms with E-state index in [0.717, 1.165) is 49.8 Å². The van der Waals surface area contributed by atoms with E-state index in [2.05, 4.69) is 10.6 Å². The molecule has 7 nitrogen and oxygen atoms in total. The fourth-order valence-electron chi connectivity index (χ4n) is 5.49. The quantitative estimate of drug-likeness (QED) is 0.601. The number of nitrogens with one attached hydrogen (secondary N) is 2. The van der Waals surface area contributed by atoms with Crippen molar-refractivity contribution in [1.82, 2.24) is 10.2 Å². The van der Waals surface area contributed by atoms with Crippen LogP contribution in [0.25, 0.3) is 0 Å². The summed E-state index contributed by atoms with van der Waals surface area (Å²) in [6.07, 6.45) is 4.30. The van der Waals surface area contributed by atoms with Crippen molar-refractivity contribution in [1.29, 1.82) is 5.26 Å². The third kappa shape index (κ3) is 4.50. The second-order valence-electron chi connectivity index (χ2n) is 9.56. The lowest BCUT2D eigenvalue weighted by atomic mass is 9.57. The van der Waals surface area contributed by atoms with E-state index in [1.54, 1.807) is 0 Å². The number of hydrogen-bond donors (Lipinski definition) is 3. The standard InChI is InChI=1S/C24H31FN4O3/c25-18-13-20(14-26)29(16-18)21(31)15-27-24-9-6-23(7-10-24,8-11-24)22(32)28-19-3-1-17(2-4-19)5-12-30/h1-4,18,20,27,30H,5-13,15-16H2,(H,28,32)/t18-,20?,23?,24?/m0/s1. The SMILES string of the molecule is N#CC1C[C@H](F)CN1C(=O)CNC12CCC(C(=O)Nc3ccc(CCO)cc3)(CC1)CC2. The van der Waals surface area contributed by atoms with Crippen LogP contribution >= 0.6 is 0 Å². The van der Waals surface area contributed by atoms with Gasteiger partial charge < -0.3 is 20.6 Å². The highest BCUT2D eigenvalue weighted by Gasteiger charge is 2.52. The molecule has 4 aliphatic rings. The number of nitrogens with zero attached hydrogens (tertiary/aromatic N) is 2. The maximum absolute atomic E-state index is 13.6. The average Bonchev–Trinajstić information content (AvgIpc) is 3.21. The summed E-state index contributed by atoms with van der Waals surface area (Å²) < 4.78 is 13.6. The summed E-state index contributed by atoms with van der Waals surface area (Å²) in [7, 11) is 0. The van der Waals surface area contributed by atoms with Gasteiger partial charge in [0.25, 0.3) is 0 Å². The van der Waals surface area contributed by atoms with Gasteiger partial charge in [-0.25, -0.2) is 4.39 Å². The number of anilines is 1. The maximum atomic E-state index is 13.6. The van der Waals surface area contributed by atoms with E-state index in [0.29, 0.717) is 6.42 Å². The molecule has 1 aromatic rings. The second-order valence-corrected chi connectivity index (χ2v) is 9.56. The Morgan fingerprint density at radius 3 is 2.41 bits per heavy atom. The highest BCUT2D eigenvalue weighted by molar-refractivity contribution is 5.95. The third-order valence-corrected chi connectivity index (χ3v) is 7.67.